The van der Waals surface area contributed by atoms with Gasteiger partial charge < -0.3 is 4.42 Å². The van der Waals surface area contributed by atoms with Gasteiger partial charge in [-0.05, 0) is 107 Å². The second-order valence-electron chi connectivity index (χ2n) is 15.0. The zero-order chi connectivity index (χ0) is 42.3. The average Bonchev–Trinajstić information content (AvgIpc) is 3.72. The molecule has 11 rings (SSSR count). The monoisotopic (exact) mass is 818 g/mol. The maximum atomic E-state index is 13.9. The molecule has 9 heteroatoms. The fraction of sp³-hybridized carbons (Fsp3) is 0. The van der Waals surface area contributed by atoms with Crippen molar-refractivity contribution in [3.05, 3.63) is 206 Å². The fourth-order valence-corrected chi connectivity index (χ4v) is 7.71. The highest BCUT2D eigenvalue weighted by atomic mass is 19.1. The molecule has 0 saturated carbocycles. The number of hydrogen-bond donors (Lipinski definition) is 0. The summed E-state index contributed by atoms with van der Waals surface area (Å²) in [4.78, 5) is 29.1. The van der Waals surface area contributed by atoms with E-state index < -0.39 is 0 Å². The fourth-order valence-electron chi connectivity index (χ4n) is 7.71. The van der Waals surface area contributed by atoms with Gasteiger partial charge >= 0.3 is 0 Å². The molecule has 0 saturated heterocycles. The van der Waals surface area contributed by atoms with Crippen LogP contribution in [-0.4, -0.2) is 29.9 Å². The van der Waals surface area contributed by atoms with Gasteiger partial charge in [-0.2, -0.15) is 0 Å². The molecule has 0 bridgehead atoms. The summed E-state index contributed by atoms with van der Waals surface area (Å²) >= 11 is 0. The Bertz CT molecular complexity index is 3240. The first-order chi connectivity index (χ1) is 31.0. The number of benzene rings is 8. The van der Waals surface area contributed by atoms with Gasteiger partial charge in [0.05, 0.1) is 0 Å². The van der Waals surface area contributed by atoms with Gasteiger partial charge in [-0.25, -0.2) is 38.7 Å². The lowest BCUT2D eigenvalue weighted by molar-refractivity contribution is 0.627. The molecular weight excluding hydrogens is 787 g/mol. The van der Waals surface area contributed by atoms with Crippen LogP contribution in [0.4, 0.5) is 8.78 Å². The molecule has 3 heterocycles. The number of rotatable bonds is 8. The highest BCUT2D eigenvalue weighted by Gasteiger charge is 2.17. The highest BCUT2D eigenvalue weighted by Crippen LogP contribution is 2.37. The van der Waals surface area contributed by atoms with E-state index >= 15 is 0 Å². The van der Waals surface area contributed by atoms with Gasteiger partial charge in [0.1, 0.15) is 22.8 Å². The number of halogens is 2. The smallest absolute Gasteiger partial charge is 0.164 e. The quantitative estimate of drug-likeness (QED) is 0.151. The maximum absolute atomic E-state index is 13.9. The van der Waals surface area contributed by atoms with Gasteiger partial charge in [-0.3, -0.25) is 0 Å². The average molecular weight is 819 g/mol. The van der Waals surface area contributed by atoms with Crippen molar-refractivity contribution in [2.24, 2.45) is 0 Å². The Kier molecular flexibility index (Phi) is 9.39. The van der Waals surface area contributed by atoms with Crippen molar-refractivity contribution in [1.29, 1.82) is 0 Å². The largest absolute Gasteiger partial charge is 0.456 e. The minimum Gasteiger partial charge on any atom is -0.456 e. The van der Waals surface area contributed by atoms with Gasteiger partial charge in [0.15, 0.2) is 34.9 Å². The third-order valence-corrected chi connectivity index (χ3v) is 10.9. The van der Waals surface area contributed by atoms with Gasteiger partial charge in [0.25, 0.3) is 0 Å². The molecule has 298 valence electrons. The van der Waals surface area contributed by atoms with Crippen molar-refractivity contribution in [3.63, 3.8) is 0 Å². The molecule has 0 aliphatic heterocycles. The molecule has 0 amide bonds. The topological polar surface area (TPSA) is 90.5 Å². The molecule has 0 spiro atoms. The molecule has 0 aliphatic carbocycles. The Balaban J connectivity index is 0.959. The van der Waals surface area contributed by atoms with E-state index in [4.69, 9.17) is 34.3 Å². The van der Waals surface area contributed by atoms with Crippen LogP contribution in [0.2, 0.25) is 0 Å². The molecule has 0 aliphatic rings. The minimum atomic E-state index is -0.329. The number of fused-ring (bicyclic) bond motifs is 3. The summed E-state index contributed by atoms with van der Waals surface area (Å²) in [7, 11) is 0. The van der Waals surface area contributed by atoms with Crippen molar-refractivity contribution in [2.45, 2.75) is 0 Å². The molecule has 0 unspecified atom stereocenters. The predicted molar refractivity (Wildman–Crippen MR) is 244 cm³/mol. The highest BCUT2D eigenvalue weighted by molar-refractivity contribution is 6.07. The lowest BCUT2D eigenvalue weighted by atomic mass is 9.98. The van der Waals surface area contributed by atoms with Crippen LogP contribution in [0.5, 0.6) is 0 Å². The standard InChI is InChI=1S/C54H32F2N6O/c55-43-23-17-35(18-24-43)51-57-49(33-9-3-1-4-10-33)59-53(61-51)41-15-7-13-37(29-41)39-21-27-47-45(31-39)46-32-40(22-28-48(46)63-47)38-14-8-16-42(30-38)54-60-50(34-11-5-2-6-12-34)58-52(62-54)36-19-25-44(56)26-20-36/h1-32H. The zero-order valence-corrected chi connectivity index (χ0v) is 33.3. The van der Waals surface area contributed by atoms with Crippen molar-refractivity contribution >= 4 is 21.9 Å². The summed E-state index contributed by atoms with van der Waals surface area (Å²) < 4.78 is 34.1. The van der Waals surface area contributed by atoms with Crippen LogP contribution < -0.4 is 0 Å². The minimum absolute atomic E-state index is 0.329. The van der Waals surface area contributed by atoms with Crippen molar-refractivity contribution in [2.75, 3.05) is 0 Å². The van der Waals surface area contributed by atoms with Crippen LogP contribution in [0, 0.1) is 11.6 Å². The summed E-state index contributed by atoms with van der Waals surface area (Å²) in [6, 6.07) is 60.5. The molecule has 11 aromatic rings. The van der Waals surface area contributed by atoms with E-state index in [9.17, 15) is 8.78 Å². The van der Waals surface area contributed by atoms with E-state index in [1.54, 1.807) is 24.3 Å². The van der Waals surface area contributed by atoms with Crippen LogP contribution in [0.1, 0.15) is 0 Å². The van der Waals surface area contributed by atoms with E-state index in [1.165, 1.54) is 24.3 Å². The molecule has 0 radical (unpaired) electrons. The Morgan fingerprint density at radius 3 is 0.921 bits per heavy atom. The van der Waals surface area contributed by atoms with Crippen molar-refractivity contribution in [3.8, 4) is 90.6 Å². The Hall–Kier alpha value is -8.56. The molecule has 0 fully saturated rings. The molecule has 0 atom stereocenters. The first-order valence-electron chi connectivity index (χ1n) is 20.3. The molecule has 7 nitrogen and oxygen atoms in total. The van der Waals surface area contributed by atoms with Crippen LogP contribution in [0.25, 0.3) is 113 Å². The van der Waals surface area contributed by atoms with Crippen LogP contribution in [0.3, 0.4) is 0 Å². The van der Waals surface area contributed by atoms with E-state index in [2.05, 4.69) is 48.5 Å². The molecular formula is C54H32F2N6O. The SMILES string of the molecule is Fc1ccc(-c2nc(-c3ccccc3)nc(-c3cccc(-c4ccc5oc6ccc(-c7cccc(-c8nc(-c9ccccc9)nc(-c9ccc(F)cc9)n8)c7)cc6c5c4)c3)n2)cc1. The summed E-state index contributed by atoms with van der Waals surface area (Å²) in [5.74, 6) is 2.32. The van der Waals surface area contributed by atoms with E-state index in [0.717, 1.165) is 66.4 Å². The normalized spacial score (nSPS) is 11.3. The van der Waals surface area contributed by atoms with Crippen LogP contribution in [-0.2, 0) is 0 Å². The van der Waals surface area contributed by atoms with Crippen molar-refractivity contribution < 1.29 is 13.2 Å². The number of hydrogen-bond acceptors (Lipinski definition) is 7. The van der Waals surface area contributed by atoms with Crippen LogP contribution >= 0.6 is 0 Å². The molecule has 8 aromatic carbocycles. The Morgan fingerprint density at radius 2 is 0.540 bits per heavy atom. The van der Waals surface area contributed by atoms with Gasteiger partial charge in [0.2, 0.25) is 0 Å². The number of furan rings is 1. The Labute approximate surface area is 360 Å². The maximum Gasteiger partial charge on any atom is 0.164 e. The third-order valence-electron chi connectivity index (χ3n) is 10.9. The third kappa shape index (κ3) is 7.49. The summed E-state index contributed by atoms with van der Waals surface area (Å²) in [6.07, 6.45) is 0. The summed E-state index contributed by atoms with van der Waals surface area (Å²) in [6.45, 7) is 0. The Morgan fingerprint density at radius 1 is 0.254 bits per heavy atom. The first kappa shape index (κ1) is 37.4. The lowest BCUT2D eigenvalue weighted by Crippen LogP contribution is -2.00. The number of nitrogens with zero attached hydrogens (tertiary/aromatic N) is 6. The molecule has 3 aromatic heterocycles. The number of aromatic nitrogens is 6. The van der Waals surface area contributed by atoms with Crippen molar-refractivity contribution in [1.82, 2.24) is 29.9 Å². The predicted octanol–water partition coefficient (Wildman–Crippen LogP) is 13.6. The summed E-state index contributed by atoms with van der Waals surface area (Å²) in [5.41, 5.74) is 10.2. The van der Waals surface area contributed by atoms with Crippen LogP contribution in [0.15, 0.2) is 199 Å². The molecule has 63 heavy (non-hydrogen) atoms. The van der Waals surface area contributed by atoms with E-state index in [0.29, 0.717) is 46.1 Å². The van der Waals surface area contributed by atoms with Gasteiger partial charge in [0, 0.05) is 44.2 Å². The van der Waals surface area contributed by atoms with E-state index in [1.807, 2.05) is 97.1 Å². The summed E-state index contributed by atoms with van der Waals surface area (Å²) in [5, 5.41) is 1.95. The van der Waals surface area contributed by atoms with Gasteiger partial charge in [-0.15, -0.1) is 0 Å². The zero-order valence-electron chi connectivity index (χ0n) is 33.3. The second-order valence-corrected chi connectivity index (χ2v) is 15.0. The molecule has 0 N–H and O–H groups in total. The second kappa shape index (κ2) is 15.8. The van der Waals surface area contributed by atoms with Gasteiger partial charge in [-0.1, -0.05) is 109 Å². The first-order valence-corrected chi connectivity index (χ1v) is 20.3. The lowest BCUT2D eigenvalue weighted by Gasteiger charge is -2.10. The van der Waals surface area contributed by atoms with E-state index in [-0.39, 0.29) is 11.6 Å².